The molecule has 1 amide bonds. The highest BCUT2D eigenvalue weighted by atomic mass is 16.5. The first-order valence-electron chi connectivity index (χ1n) is 5.61. The van der Waals surface area contributed by atoms with Crippen molar-refractivity contribution in [3.8, 4) is 0 Å². The van der Waals surface area contributed by atoms with Crippen molar-refractivity contribution in [2.24, 2.45) is 0 Å². The van der Waals surface area contributed by atoms with Crippen molar-refractivity contribution in [1.82, 2.24) is 9.97 Å². The minimum absolute atomic E-state index is 0.301. The highest BCUT2D eigenvalue weighted by Crippen LogP contribution is 2.12. The van der Waals surface area contributed by atoms with Gasteiger partial charge < -0.3 is 15.0 Å². The Morgan fingerprint density at radius 1 is 1.26 bits per heavy atom. The third kappa shape index (κ3) is 2.79. The second-order valence-electron chi connectivity index (χ2n) is 3.90. The van der Waals surface area contributed by atoms with Crippen LogP contribution < -0.4 is 5.32 Å². The predicted octanol–water partition coefficient (Wildman–Crippen LogP) is 1.76. The molecular formula is C13H13N3O3. The van der Waals surface area contributed by atoms with Crippen LogP contribution in [-0.4, -0.2) is 29.0 Å². The molecule has 1 heterocycles. The number of ether oxygens (including phenoxy) is 1. The van der Waals surface area contributed by atoms with Crippen molar-refractivity contribution < 1.29 is 14.3 Å². The van der Waals surface area contributed by atoms with Gasteiger partial charge in [-0.2, -0.15) is 0 Å². The normalized spacial score (nSPS) is 10.0. The van der Waals surface area contributed by atoms with Gasteiger partial charge in [0.05, 0.1) is 19.0 Å². The van der Waals surface area contributed by atoms with Gasteiger partial charge in [-0.15, -0.1) is 0 Å². The number of methoxy groups -OCH3 is 1. The van der Waals surface area contributed by atoms with Crippen LogP contribution in [0.5, 0.6) is 0 Å². The molecule has 1 aromatic heterocycles. The second-order valence-corrected chi connectivity index (χ2v) is 3.90. The molecule has 0 radical (unpaired) electrons. The molecule has 6 nitrogen and oxygen atoms in total. The monoisotopic (exact) mass is 259 g/mol. The molecule has 0 bridgehead atoms. The van der Waals surface area contributed by atoms with Crippen LogP contribution >= 0.6 is 0 Å². The predicted molar refractivity (Wildman–Crippen MR) is 69.1 cm³/mol. The number of rotatable bonds is 3. The van der Waals surface area contributed by atoms with Crippen molar-refractivity contribution in [1.29, 1.82) is 0 Å². The number of amides is 1. The smallest absolute Gasteiger partial charge is 0.337 e. The first-order valence-corrected chi connectivity index (χ1v) is 5.61. The summed E-state index contributed by atoms with van der Waals surface area (Å²) in [6.45, 7) is 1.77. The summed E-state index contributed by atoms with van der Waals surface area (Å²) in [7, 11) is 1.32. The number of hydrogen-bond acceptors (Lipinski definition) is 4. The number of imidazole rings is 1. The second kappa shape index (κ2) is 5.34. The van der Waals surface area contributed by atoms with Gasteiger partial charge in [-0.25, -0.2) is 9.78 Å². The van der Waals surface area contributed by atoms with E-state index in [9.17, 15) is 9.59 Å². The van der Waals surface area contributed by atoms with Crippen molar-refractivity contribution in [2.75, 3.05) is 12.4 Å². The number of carbonyl (C=O) groups is 2. The van der Waals surface area contributed by atoms with E-state index in [1.54, 1.807) is 31.2 Å². The minimum Gasteiger partial charge on any atom is -0.465 e. The number of aromatic amines is 1. The average molecular weight is 259 g/mol. The third-order valence-electron chi connectivity index (χ3n) is 2.61. The lowest BCUT2D eigenvalue weighted by molar-refractivity contribution is 0.0600. The summed E-state index contributed by atoms with van der Waals surface area (Å²) in [6.07, 6.45) is 1.46. The molecule has 0 spiro atoms. The number of hydrogen-bond donors (Lipinski definition) is 2. The van der Waals surface area contributed by atoms with E-state index in [4.69, 9.17) is 0 Å². The summed E-state index contributed by atoms with van der Waals surface area (Å²) in [5, 5.41) is 2.70. The zero-order valence-corrected chi connectivity index (χ0v) is 10.6. The van der Waals surface area contributed by atoms with Crippen molar-refractivity contribution in [2.45, 2.75) is 6.92 Å². The van der Waals surface area contributed by atoms with Crippen molar-refractivity contribution >= 4 is 17.6 Å². The van der Waals surface area contributed by atoms with Crippen LogP contribution in [0.15, 0.2) is 30.6 Å². The molecule has 0 saturated heterocycles. The van der Waals surface area contributed by atoms with E-state index in [-0.39, 0.29) is 5.91 Å². The molecule has 2 aromatic rings. The highest BCUT2D eigenvalue weighted by Gasteiger charge is 2.12. The number of aromatic nitrogens is 2. The lowest BCUT2D eigenvalue weighted by Gasteiger charge is -2.05. The van der Waals surface area contributed by atoms with Crippen LogP contribution in [0.2, 0.25) is 0 Å². The molecule has 98 valence electrons. The largest absolute Gasteiger partial charge is 0.465 e. The van der Waals surface area contributed by atoms with Gasteiger partial charge in [0.2, 0.25) is 0 Å². The zero-order chi connectivity index (χ0) is 13.8. The van der Waals surface area contributed by atoms with Gasteiger partial charge in [-0.3, -0.25) is 4.79 Å². The molecule has 0 saturated carbocycles. The fourth-order valence-electron chi connectivity index (χ4n) is 1.59. The van der Waals surface area contributed by atoms with Crippen LogP contribution in [0.4, 0.5) is 5.69 Å². The van der Waals surface area contributed by atoms with Gasteiger partial charge >= 0.3 is 5.97 Å². The van der Waals surface area contributed by atoms with E-state index < -0.39 is 5.97 Å². The van der Waals surface area contributed by atoms with E-state index >= 15 is 0 Å². The number of H-pyrrole nitrogens is 1. The lowest BCUT2D eigenvalue weighted by Crippen LogP contribution is -2.13. The maximum absolute atomic E-state index is 11.9. The molecule has 6 heteroatoms. The Bertz CT molecular complexity index is 602. The maximum atomic E-state index is 11.9. The maximum Gasteiger partial charge on any atom is 0.337 e. The first-order chi connectivity index (χ1) is 9.11. The van der Waals surface area contributed by atoms with Crippen molar-refractivity contribution in [3.63, 3.8) is 0 Å². The van der Waals surface area contributed by atoms with E-state index in [0.717, 1.165) is 0 Å². The van der Waals surface area contributed by atoms with Crippen LogP contribution in [0.3, 0.4) is 0 Å². The molecule has 1 aromatic carbocycles. The van der Waals surface area contributed by atoms with Gasteiger partial charge in [0, 0.05) is 11.4 Å². The van der Waals surface area contributed by atoms with E-state index in [2.05, 4.69) is 20.0 Å². The lowest BCUT2D eigenvalue weighted by atomic mass is 10.2. The van der Waals surface area contributed by atoms with Gasteiger partial charge in [0.15, 0.2) is 0 Å². The van der Waals surface area contributed by atoms with E-state index in [0.29, 0.717) is 22.6 Å². The molecule has 2 rings (SSSR count). The summed E-state index contributed by atoms with van der Waals surface area (Å²) in [6, 6.07) is 6.43. The summed E-state index contributed by atoms with van der Waals surface area (Å²) in [5.41, 5.74) is 2.05. The van der Waals surface area contributed by atoms with Gasteiger partial charge in [0.1, 0.15) is 5.69 Å². The van der Waals surface area contributed by atoms with Crippen LogP contribution in [0, 0.1) is 6.92 Å². The molecule has 0 aliphatic heterocycles. The Balaban J connectivity index is 2.10. The third-order valence-corrected chi connectivity index (χ3v) is 2.61. The van der Waals surface area contributed by atoms with Crippen LogP contribution in [0.25, 0.3) is 0 Å². The summed E-state index contributed by atoms with van der Waals surface area (Å²) >= 11 is 0. The molecule has 2 N–H and O–H groups in total. The Kier molecular flexibility index (Phi) is 3.61. The van der Waals surface area contributed by atoms with Crippen LogP contribution in [-0.2, 0) is 4.74 Å². The summed E-state index contributed by atoms with van der Waals surface area (Å²) in [4.78, 5) is 29.9. The SMILES string of the molecule is COC(=O)c1ccc(NC(=O)c2nc[nH]c2C)cc1. The molecule has 0 fully saturated rings. The van der Waals surface area contributed by atoms with Crippen LogP contribution in [0.1, 0.15) is 26.5 Å². The Morgan fingerprint density at radius 3 is 2.47 bits per heavy atom. The van der Waals surface area contributed by atoms with Gasteiger partial charge in [0.25, 0.3) is 5.91 Å². The standard InChI is InChI=1S/C13H13N3O3/c1-8-11(15-7-14-8)12(17)16-10-5-3-9(4-6-10)13(18)19-2/h3-7H,1-2H3,(H,14,15)(H,16,17). The number of nitrogens with zero attached hydrogens (tertiary/aromatic N) is 1. The fourth-order valence-corrected chi connectivity index (χ4v) is 1.59. The quantitative estimate of drug-likeness (QED) is 0.822. The molecule has 0 aliphatic rings. The molecule has 0 aliphatic carbocycles. The summed E-state index contributed by atoms with van der Waals surface area (Å²) < 4.78 is 4.59. The number of benzene rings is 1. The number of carbonyl (C=O) groups excluding carboxylic acids is 2. The number of aryl methyl sites for hydroxylation is 1. The van der Waals surface area contributed by atoms with Crippen molar-refractivity contribution in [3.05, 3.63) is 47.5 Å². The van der Waals surface area contributed by atoms with E-state index in [1.165, 1.54) is 13.4 Å². The molecule has 0 atom stereocenters. The topological polar surface area (TPSA) is 84.1 Å². The van der Waals surface area contributed by atoms with E-state index in [1.807, 2.05) is 0 Å². The molecular weight excluding hydrogens is 246 g/mol. The fraction of sp³-hybridized carbons (Fsp3) is 0.154. The zero-order valence-electron chi connectivity index (χ0n) is 10.6. The van der Waals surface area contributed by atoms with Gasteiger partial charge in [-0.05, 0) is 31.2 Å². The first kappa shape index (κ1) is 12.8. The number of nitrogens with one attached hydrogen (secondary N) is 2. The Morgan fingerprint density at radius 2 is 1.95 bits per heavy atom. The summed E-state index contributed by atoms with van der Waals surface area (Å²) in [5.74, 6) is -0.717. The number of esters is 1. The average Bonchev–Trinajstić information content (AvgIpc) is 2.85. The molecule has 0 unspecified atom stereocenters. The Hall–Kier alpha value is -2.63. The minimum atomic E-state index is -0.416. The highest BCUT2D eigenvalue weighted by molar-refractivity contribution is 6.03. The Labute approximate surface area is 109 Å². The van der Waals surface area contributed by atoms with Gasteiger partial charge in [-0.1, -0.05) is 0 Å². The number of anilines is 1. The molecule has 19 heavy (non-hydrogen) atoms.